The van der Waals surface area contributed by atoms with E-state index in [0.29, 0.717) is 42.0 Å². The molecule has 0 heterocycles. The Labute approximate surface area is 174 Å². The molecule has 2 aromatic carbocycles. The standard InChI is InChI=1S/C25H27F5/c1-14-2-4-15(5-3-14)6-7-16-8-9-19-17(10-16)11-20(26)23(24(19)29)18-12-21(27)25(30)22(28)13-18/h11-16H,2-10H2,1H3. The van der Waals surface area contributed by atoms with Gasteiger partial charge in [-0.1, -0.05) is 39.0 Å². The van der Waals surface area contributed by atoms with Crippen molar-refractivity contribution < 1.29 is 22.0 Å². The van der Waals surface area contributed by atoms with Crippen LogP contribution in [0.4, 0.5) is 22.0 Å². The Bertz CT molecular complexity index is 905. The van der Waals surface area contributed by atoms with Crippen molar-refractivity contribution in [2.45, 2.75) is 64.7 Å². The molecule has 2 aliphatic rings. The van der Waals surface area contributed by atoms with Gasteiger partial charge in [0.1, 0.15) is 11.6 Å². The number of hydrogen-bond acceptors (Lipinski definition) is 0. The van der Waals surface area contributed by atoms with E-state index in [-0.39, 0.29) is 5.56 Å². The SMILES string of the molecule is CC1CCC(CCC2CCc3c(cc(F)c(-c4cc(F)c(F)c(F)c4)c3F)C2)CC1. The minimum Gasteiger partial charge on any atom is -0.206 e. The van der Waals surface area contributed by atoms with Gasteiger partial charge in [-0.2, -0.15) is 0 Å². The normalized spacial score (nSPS) is 24.0. The summed E-state index contributed by atoms with van der Waals surface area (Å²) < 4.78 is 70.3. The van der Waals surface area contributed by atoms with E-state index >= 15 is 4.39 Å². The second-order valence-electron chi connectivity index (χ2n) is 9.25. The first-order valence-electron chi connectivity index (χ1n) is 11.0. The highest BCUT2D eigenvalue weighted by Gasteiger charge is 2.28. The van der Waals surface area contributed by atoms with E-state index in [1.54, 1.807) is 0 Å². The molecule has 0 aliphatic heterocycles. The maximum Gasteiger partial charge on any atom is 0.194 e. The molecular weight excluding hydrogens is 395 g/mol. The predicted octanol–water partition coefficient (Wildman–Crippen LogP) is 7.76. The quantitative estimate of drug-likeness (QED) is 0.349. The Morgan fingerprint density at radius 1 is 0.733 bits per heavy atom. The molecule has 1 atom stereocenters. The molecule has 5 heteroatoms. The summed E-state index contributed by atoms with van der Waals surface area (Å²) in [6.45, 7) is 2.31. The molecule has 0 bridgehead atoms. The summed E-state index contributed by atoms with van der Waals surface area (Å²) in [7, 11) is 0. The number of halogens is 5. The summed E-state index contributed by atoms with van der Waals surface area (Å²) in [5.41, 5.74) is 0.254. The second-order valence-corrected chi connectivity index (χ2v) is 9.25. The van der Waals surface area contributed by atoms with Gasteiger partial charge in [-0.3, -0.25) is 0 Å². The van der Waals surface area contributed by atoms with E-state index < -0.39 is 34.6 Å². The first-order chi connectivity index (χ1) is 14.3. The maximum absolute atomic E-state index is 15.1. The molecule has 0 radical (unpaired) electrons. The van der Waals surface area contributed by atoms with Crippen molar-refractivity contribution >= 4 is 0 Å². The van der Waals surface area contributed by atoms with E-state index in [1.165, 1.54) is 38.2 Å². The summed E-state index contributed by atoms with van der Waals surface area (Å²) in [6.07, 6.45) is 9.31. The Morgan fingerprint density at radius 3 is 2.03 bits per heavy atom. The van der Waals surface area contributed by atoms with Gasteiger partial charge in [-0.15, -0.1) is 0 Å². The molecule has 30 heavy (non-hydrogen) atoms. The highest BCUT2D eigenvalue weighted by molar-refractivity contribution is 5.67. The zero-order valence-corrected chi connectivity index (χ0v) is 17.2. The van der Waals surface area contributed by atoms with Gasteiger partial charge in [-0.25, -0.2) is 22.0 Å². The van der Waals surface area contributed by atoms with E-state index in [1.807, 2.05) is 0 Å². The number of hydrogen-bond donors (Lipinski definition) is 0. The zero-order chi connectivity index (χ0) is 21.4. The third kappa shape index (κ3) is 4.26. The van der Waals surface area contributed by atoms with Crippen molar-refractivity contribution in [1.29, 1.82) is 0 Å². The Hall–Kier alpha value is -1.91. The second kappa shape index (κ2) is 8.68. The molecule has 2 aliphatic carbocycles. The van der Waals surface area contributed by atoms with Crippen molar-refractivity contribution in [3.05, 3.63) is 58.4 Å². The molecular formula is C25H27F5. The molecule has 162 valence electrons. The van der Waals surface area contributed by atoms with Crippen LogP contribution in [-0.4, -0.2) is 0 Å². The largest absolute Gasteiger partial charge is 0.206 e. The molecule has 0 saturated heterocycles. The number of fused-ring (bicyclic) bond motifs is 1. The van der Waals surface area contributed by atoms with E-state index in [2.05, 4.69) is 6.92 Å². The molecule has 4 rings (SSSR count). The number of benzene rings is 2. The van der Waals surface area contributed by atoms with Gasteiger partial charge in [-0.05, 0) is 78.3 Å². The summed E-state index contributed by atoms with van der Waals surface area (Å²) in [5, 5.41) is 0. The third-order valence-electron chi connectivity index (χ3n) is 7.11. The monoisotopic (exact) mass is 422 g/mol. The van der Waals surface area contributed by atoms with Crippen LogP contribution in [0.15, 0.2) is 18.2 Å². The van der Waals surface area contributed by atoms with E-state index in [9.17, 15) is 17.6 Å². The summed E-state index contributed by atoms with van der Waals surface area (Å²) in [4.78, 5) is 0. The van der Waals surface area contributed by atoms with Gasteiger partial charge >= 0.3 is 0 Å². The lowest BCUT2D eigenvalue weighted by molar-refractivity contribution is 0.255. The maximum atomic E-state index is 15.1. The fraction of sp³-hybridized carbons (Fsp3) is 0.520. The van der Waals surface area contributed by atoms with Crippen LogP contribution in [0.3, 0.4) is 0 Å². The molecule has 0 aromatic heterocycles. The summed E-state index contributed by atoms with van der Waals surface area (Å²) in [6, 6.07) is 2.58. The van der Waals surface area contributed by atoms with Crippen molar-refractivity contribution in [3.8, 4) is 11.1 Å². The van der Waals surface area contributed by atoms with Crippen molar-refractivity contribution in [2.75, 3.05) is 0 Å². The third-order valence-corrected chi connectivity index (χ3v) is 7.11. The smallest absolute Gasteiger partial charge is 0.194 e. The van der Waals surface area contributed by atoms with Crippen molar-refractivity contribution in [1.82, 2.24) is 0 Å². The van der Waals surface area contributed by atoms with Crippen molar-refractivity contribution in [3.63, 3.8) is 0 Å². The molecule has 0 spiro atoms. The lowest BCUT2D eigenvalue weighted by Crippen LogP contribution is -2.19. The average molecular weight is 422 g/mol. The Balaban J connectivity index is 1.51. The van der Waals surface area contributed by atoms with Gasteiger partial charge in [0.2, 0.25) is 0 Å². The Kier molecular flexibility index (Phi) is 6.17. The molecule has 1 fully saturated rings. The highest BCUT2D eigenvalue weighted by atomic mass is 19.2. The van der Waals surface area contributed by atoms with E-state index in [0.717, 1.165) is 24.7 Å². The number of rotatable bonds is 4. The molecule has 0 amide bonds. The van der Waals surface area contributed by atoms with Crippen LogP contribution in [0.25, 0.3) is 11.1 Å². The molecule has 0 nitrogen and oxygen atoms in total. The first kappa shape index (κ1) is 21.3. The van der Waals surface area contributed by atoms with Crippen LogP contribution in [0.1, 0.15) is 63.0 Å². The van der Waals surface area contributed by atoms with Crippen LogP contribution in [-0.2, 0) is 12.8 Å². The van der Waals surface area contributed by atoms with Gasteiger partial charge in [0.05, 0.1) is 5.56 Å². The topological polar surface area (TPSA) is 0 Å². The molecule has 0 N–H and O–H groups in total. The van der Waals surface area contributed by atoms with Gasteiger partial charge in [0.25, 0.3) is 0 Å². The summed E-state index contributed by atoms with van der Waals surface area (Å²) >= 11 is 0. The summed E-state index contributed by atoms with van der Waals surface area (Å²) in [5.74, 6) is -4.21. The van der Waals surface area contributed by atoms with Crippen LogP contribution in [0.2, 0.25) is 0 Å². The van der Waals surface area contributed by atoms with Gasteiger partial charge in [0.15, 0.2) is 17.5 Å². The first-order valence-corrected chi connectivity index (χ1v) is 11.0. The minimum absolute atomic E-state index is 0.321. The van der Waals surface area contributed by atoms with Crippen LogP contribution >= 0.6 is 0 Å². The van der Waals surface area contributed by atoms with E-state index in [4.69, 9.17) is 0 Å². The fourth-order valence-corrected chi connectivity index (χ4v) is 5.22. The van der Waals surface area contributed by atoms with Crippen LogP contribution in [0, 0.1) is 46.8 Å². The van der Waals surface area contributed by atoms with Gasteiger partial charge < -0.3 is 0 Å². The lowest BCUT2D eigenvalue weighted by Gasteiger charge is -2.30. The lowest BCUT2D eigenvalue weighted by atomic mass is 9.76. The molecule has 2 aromatic rings. The van der Waals surface area contributed by atoms with Gasteiger partial charge in [0, 0.05) is 0 Å². The minimum atomic E-state index is -1.65. The van der Waals surface area contributed by atoms with Crippen molar-refractivity contribution in [2.24, 2.45) is 17.8 Å². The van der Waals surface area contributed by atoms with Crippen LogP contribution < -0.4 is 0 Å². The predicted molar refractivity (Wildman–Crippen MR) is 108 cm³/mol. The Morgan fingerprint density at radius 2 is 1.37 bits per heavy atom. The molecule has 1 unspecified atom stereocenters. The highest BCUT2D eigenvalue weighted by Crippen LogP contribution is 2.39. The average Bonchev–Trinajstić information content (AvgIpc) is 2.71. The molecule has 1 saturated carbocycles. The van der Waals surface area contributed by atoms with Crippen LogP contribution in [0.5, 0.6) is 0 Å². The zero-order valence-electron chi connectivity index (χ0n) is 17.2. The fourth-order valence-electron chi connectivity index (χ4n) is 5.22.